The molecular weight excluding hydrogens is 514 g/mol. The van der Waals surface area contributed by atoms with Crippen LogP contribution in [-0.2, 0) is 6.54 Å². The molecule has 1 aromatic heterocycles. The Balaban J connectivity index is 1.72. The number of aromatic hydroxyl groups is 1. The van der Waals surface area contributed by atoms with Gasteiger partial charge in [0.15, 0.2) is 0 Å². The van der Waals surface area contributed by atoms with Crippen LogP contribution < -0.4 is 0 Å². The van der Waals surface area contributed by atoms with E-state index in [0.717, 1.165) is 41.6 Å². The molecule has 6 heteroatoms. The van der Waals surface area contributed by atoms with Crippen molar-refractivity contribution in [3.05, 3.63) is 75.3 Å². The zero-order valence-corrected chi connectivity index (χ0v) is 20.1. The number of benzene rings is 2. The van der Waals surface area contributed by atoms with Gasteiger partial charge in [0.05, 0.1) is 6.10 Å². The van der Waals surface area contributed by atoms with Crippen LogP contribution in [0.3, 0.4) is 0 Å². The first kappa shape index (κ1) is 22.2. The SMILES string of the molecule is C=C(C)/C(Br)=C\c1cn(CC(O)CCSc2ccc(O)cc2)c2ccc(Br)cc12. The maximum absolute atomic E-state index is 10.6. The Hall–Kier alpha value is -1.47. The minimum atomic E-state index is -0.444. The molecule has 0 saturated heterocycles. The summed E-state index contributed by atoms with van der Waals surface area (Å²) < 4.78 is 4.10. The first-order chi connectivity index (χ1) is 13.8. The number of allylic oxidation sites excluding steroid dienone is 2. The Kier molecular flexibility index (Phi) is 7.68. The molecule has 1 heterocycles. The highest BCUT2D eigenvalue weighted by molar-refractivity contribution is 9.12. The van der Waals surface area contributed by atoms with Crippen molar-refractivity contribution in [3.63, 3.8) is 0 Å². The predicted molar refractivity (Wildman–Crippen MR) is 131 cm³/mol. The van der Waals surface area contributed by atoms with Gasteiger partial charge in [-0.2, -0.15) is 0 Å². The molecule has 1 atom stereocenters. The third kappa shape index (κ3) is 6.01. The first-order valence-corrected chi connectivity index (χ1v) is 11.8. The van der Waals surface area contributed by atoms with Gasteiger partial charge in [0.1, 0.15) is 5.75 Å². The lowest BCUT2D eigenvalue weighted by Crippen LogP contribution is -2.16. The van der Waals surface area contributed by atoms with Gasteiger partial charge in [-0.05, 0) is 67.5 Å². The van der Waals surface area contributed by atoms with Crippen LogP contribution in [0.25, 0.3) is 17.0 Å². The van der Waals surface area contributed by atoms with E-state index in [0.29, 0.717) is 13.0 Å². The topological polar surface area (TPSA) is 45.4 Å². The number of hydrogen-bond acceptors (Lipinski definition) is 3. The minimum absolute atomic E-state index is 0.267. The predicted octanol–water partition coefficient (Wildman–Crippen LogP) is 6.96. The van der Waals surface area contributed by atoms with Crippen LogP contribution in [0.2, 0.25) is 0 Å². The van der Waals surface area contributed by atoms with Crippen molar-refractivity contribution in [3.8, 4) is 5.75 Å². The molecule has 3 aromatic rings. The van der Waals surface area contributed by atoms with Crippen LogP contribution in [0, 0.1) is 0 Å². The van der Waals surface area contributed by atoms with Crippen molar-refractivity contribution in [1.82, 2.24) is 4.57 Å². The number of aliphatic hydroxyl groups excluding tert-OH is 1. The Morgan fingerprint density at radius 2 is 1.97 bits per heavy atom. The van der Waals surface area contributed by atoms with E-state index in [1.165, 1.54) is 0 Å². The quantitative estimate of drug-likeness (QED) is 0.241. The molecule has 0 amide bonds. The number of fused-ring (bicyclic) bond motifs is 1. The number of thioether (sulfide) groups is 1. The molecule has 0 saturated carbocycles. The van der Waals surface area contributed by atoms with Crippen LogP contribution in [0.4, 0.5) is 0 Å². The van der Waals surface area contributed by atoms with Crippen molar-refractivity contribution < 1.29 is 10.2 Å². The van der Waals surface area contributed by atoms with Gasteiger partial charge in [-0.1, -0.05) is 38.4 Å². The smallest absolute Gasteiger partial charge is 0.115 e. The lowest BCUT2D eigenvalue weighted by molar-refractivity contribution is 0.152. The lowest BCUT2D eigenvalue weighted by atomic mass is 10.1. The van der Waals surface area contributed by atoms with Gasteiger partial charge in [-0.15, -0.1) is 11.8 Å². The van der Waals surface area contributed by atoms with E-state index < -0.39 is 6.10 Å². The van der Waals surface area contributed by atoms with E-state index >= 15 is 0 Å². The van der Waals surface area contributed by atoms with Crippen molar-refractivity contribution in [1.29, 1.82) is 0 Å². The van der Waals surface area contributed by atoms with Gasteiger partial charge < -0.3 is 14.8 Å². The van der Waals surface area contributed by atoms with E-state index in [4.69, 9.17) is 0 Å². The van der Waals surface area contributed by atoms with Crippen molar-refractivity contribution >= 4 is 60.6 Å². The number of phenolic OH excluding ortho intramolecular Hbond substituents is 1. The number of hydrogen-bond donors (Lipinski definition) is 2. The summed E-state index contributed by atoms with van der Waals surface area (Å²) in [5.41, 5.74) is 3.14. The fourth-order valence-corrected chi connectivity index (χ4v) is 4.56. The van der Waals surface area contributed by atoms with Gasteiger partial charge in [0.25, 0.3) is 0 Å². The summed E-state index contributed by atoms with van der Waals surface area (Å²) in [5.74, 6) is 1.08. The highest BCUT2D eigenvalue weighted by Crippen LogP contribution is 2.30. The second kappa shape index (κ2) is 10.0. The standard InChI is InChI=1S/C23H23Br2NO2S/c1-15(2)22(25)11-16-13-26(23-8-3-17(24)12-21(16)23)14-19(28)9-10-29-20-6-4-18(27)5-7-20/h3-8,11-13,19,27-28H,1,9-10,14H2,2H3/b22-11+. The second-order valence-corrected chi connectivity index (χ2v) is 9.89. The third-order valence-corrected chi connectivity index (χ3v) is 6.97. The number of halogens is 2. The third-order valence-electron chi connectivity index (χ3n) is 4.53. The van der Waals surface area contributed by atoms with E-state index in [-0.39, 0.29) is 5.75 Å². The largest absolute Gasteiger partial charge is 0.508 e. The van der Waals surface area contributed by atoms with E-state index in [1.54, 1.807) is 23.9 Å². The molecule has 0 spiro atoms. The summed E-state index contributed by atoms with van der Waals surface area (Å²) >= 11 is 8.81. The maximum atomic E-state index is 10.6. The maximum Gasteiger partial charge on any atom is 0.115 e. The highest BCUT2D eigenvalue weighted by atomic mass is 79.9. The number of rotatable bonds is 8. The van der Waals surface area contributed by atoms with Crippen LogP contribution in [-0.4, -0.2) is 26.6 Å². The number of nitrogens with zero attached hydrogens (tertiary/aromatic N) is 1. The van der Waals surface area contributed by atoms with Gasteiger partial charge in [-0.25, -0.2) is 0 Å². The van der Waals surface area contributed by atoms with Gasteiger partial charge in [0, 0.05) is 48.8 Å². The zero-order chi connectivity index (χ0) is 21.0. The molecule has 2 aromatic carbocycles. The van der Waals surface area contributed by atoms with Gasteiger partial charge in [0.2, 0.25) is 0 Å². The van der Waals surface area contributed by atoms with E-state index in [9.17, 15) is 10.2 Å². The number of aliphatic hydroxyl groups is 1. The summed E-state index contributed by atoms with van der Waals surface area (Å²) in [5, 5.41) is 21.1. The normalized spacial score (nSPS) is 13.0. The molecule has 3 nitrogen and oxygen atoms in total. The molecule has 1 unspecified atom stereocenters. The fourth-order valence-electron chi connectivity index (χ4n) is 3.00. The van der Waals surface area contributed by atoms with Crippen molar-refractivity contribution in [2.24, 2.45) is 0 Å². The molecular formula is C23H23Br2NO2S. The Morgan fingerprint density at radius 3 is 2.66 bits per heavy atom. The van der Waals surface area contributed by atoms with Crippen LogP contribution >= 0.6 is 43.6 Å². The molecule has 0 fully saturated rings. The Morgan fingerprint density at radius 1 is 1.24 bits per heavy atom. The number of aromatic nitrogens is 1. The number of phenols is 1. The van der Waals surface area contributed by atoms with Crippen molar-refractivity contribution in [2.75, 3.05) is 5.75 Å². The Labute approximate surface area is 192 Å². The second-order valence-electron chi connectivity index (χ2n) is 6.96. The summed E-state index contributed by atoms with van der Waals surface area (Å²) in [7, 11) is 0. The molecule has 152 valence electrons. The average Bonchev–Trinajstić information content (AvgIpc) is 2.99. The molecule has 29 heavy (non-hydrogen) atoms. The molecule has 0 radical (unpaired) electrons. The van der Waals surface area contributed by atoms with Crippen LogP contribution in [0.5, 0.6) is 5.75 Å². The van der Waals surface area contributed by atoms with Gasteiger partial charge >= 0.3 is 0 Å². The summed E-state index contributed by atoms with van der Waals surface area (Å²) in [6.45, 7) is 6.48. The molecule has 0 bridgehead atoms. The lowest BCUT2D eigenvalue weighted by Gasteiger charge is -2.12. The van der Waals surface area contributed by atoms with Crippen molar-refractivity contribution in [2.45, 2.75) is 30.9 Å². The molecule has 0 aliphatic heterocycles. The summed E-state index contributed by atoms with van der Waals surface area (Å²) in [4.78, 5) is 1.09. The fraction of sp³-hybridized carbons (Fsp3) is 0.217. The van der Waals surface area contributed by atoms with Gasteiger partial charge in [-0.3, -0.25) is 0 Å². The zero-order valence-electron chi connectivity index (χ0n) is 16.1. The average molecular weight is 537 g/mol. The highest BCUT2D eigenvalue weighted by Gasteiger charge is 2.12. The molecule has 0 aliphatic carbocycles. The van der Waals surface area contributed by atoms with Crippen LogP contribution in [0.1, 0.15) is 18.9 Å². The van der Waals surface area contributed by atoms with Crippen LogP contribution in [0.15, 0.2) is 74.7 Å². The summed E-state index contributed by atoms with van der Waals surface area (Å²) in [6.07, 6.45) is 4.39. The summed E-state index contributed by atoms with van der Waals surface area (Å²) in [6, 6.07) is 13.3. The Bertz CT molecular complexity index is 1040. The monoisotopic (exact) mass is 535 g/mol. The molecule has 0 aliphatic rings. The minimum Gasteiger partial charge on any atom is -0.508 e. The molecule has 2 N–H and O–H groups in total. The van der Waals surface area contributed by atoms with E-state index in [2.05, 4.69) is 67.4 Å². The molecule has 3 rings (SSSR count). The van der Waals surface area contributed by atoms with E-state index in [1.807, 2.05) is 25.1 Å². The first-order valence-electron chi connectivity index (χ1n) is 9.25.